The number of thiazole rings is 1. The van der Waals surface area contributed by atoms with Crippen molar-refractivity contribution < 1.29 is 18.7 Å². The molecule has 0 atom stereocenters. The molecule has 0 unspecified atom stereocenters. The number of hydrogen-bond acceptors (Lipinski definition) is 7. The summed E-state index contributed by atoms with van der Waals surface area (Å²) < 4.78 is 10.6. The van der Waals surface area contributed by atoms with Gasteiger partial charge in [-0.3, -0.25) is 14.9 Å². The molecule has 1 N–H and O–H groups in total. The molecule has 1 amide bonds. The highest BCUT2D eigenvalue weighted by molar-refractivity contribution is 7.17. The van der Waals surface area contributed by atoms with E-state index in [0.29, 0.717) is 33.4 Å². The minimum atomic E-state index is -0.643. The summed E-state index contributed by atoms with van der Waals surface area (Å²) in [6, 6.07) is 6.05. The van der Waals surface area contributed by atoms with Crippen molar-refractivity contribution in [3.8, 4) is 5.75 Å². The van der Waals surface area contributed by atoms with Gasteiger partial charge in [0.25, 0.3) is 5.91 Å². The molecule has 0 fully saturated rings. The number of rotatable bonds is 5. The van der Waals surface area contributed by atoms with E-state index in [1.54, 1.807) is 25.1 Å². The number of carbonyl (C=O) groups excluding carboxylic acids is 2. The van der Waals surface area contributed by atoms with Crippen LogP contribution in [0.25, 0.3) is 11.0 Å². The van der Waals surface area contributed by atoms with E-state index >= 15 is 0 Å². The number of ether oxygens (including phenoxy) is 1. The van der Waals surface area contributed by atoms with Crippen molar-refractivity contribution in [1.29, 1.82) is 0 Å². The fraction of sp³-hybridized carbons (Fsp3) is 0.222. The Hall–Kier alpha value is -3.00. The third kappa shape index (κ3) is 3.50. The van der Waals surface area contributed by atoms with Crippen LogP contribution in [0.5, 0.6) is 5.75 Å². The SMILES string of the molecule is CCOc1ccc2c(C(=O)Nc3nc(C)c(C(C)=O)s3)cc(=O)oc2c1. The predicted molar refractivity (Wildman–Crippen MR) is 98.5 cm³/mol. The summed E-state index contributed by atoms with van der Waals surface area (Å²) >= 11 is 1.10. The molecular formula is C18H16N2O5S. The van der Waals surface area contributed by atoms with Crippen LogP contribution in [-0.4, -0.2) is 23.3 Å². The first-order valence-corrected chi connectivity index (χ1v) is 8.71. The van der Waals surface area contributed by atoms with Gasteiger partial charge in [0.1, 0.15) is 11.3 Å². The number of nitrogens with one attached hydrogen (secondary N) is 1. The van der Waals surface area contributed by atoms with Crippen LogP contribution in [0.1, 0.15) is 39.6 Å². The molecule has 0 aliphatic heterocycles. The van der Waals surface area contributed by atoms with Gasteiger partial charge >= 0.3 is 5.63 Å². The number of ketones is 1. The number of nitrogens with zero attached hydrogens (tertiary/aromatic N) is 1. The van der Waals surface area contributed by atoms with E-state index in [-0.39, 0.29) is 16.9 Å². The summed E-state index contributed by atoms with van der Waals surface area (Å²) in [5.41, 5.74) is 0.331. The summed E-state index contributed by atoms with van der Waals surface area (Å²) in [6.45, 7) is 5.45. The van der Waals surface area contributed by atoms with Crippen molar-refractivity contribution >= 4 is 39.1 Å². The Labute approximate surface area is 152 Å². The molecule has 0 bridgehead atoms. The maximum absolute atomic E-state index is 12.6. The van der Waals surface area contributed by atoms with E-state index in [4.69, 9.17) is 9.15 Å². The fourth-order valence-electron chi connectivity index (χ4n) is 2.53. The Morgan fingerprint density at radius 1 is 1.31 bits per heavy atom. The Morgan fingerprint density at radius 2 is 2.08 bits per heavy atom. The third-order valence-corrected chi connectivity index (χ3v) is 4.78. The molecule has 8 heteroatoms. The summed E-state index contributed by atoms with van der Waals surface area (Å²) in [7, 11) is 0. The molecule has 2 aromatic heterocycles. The van der Waals surface area contributed by atoms with Crippen molar-refractivity contribution in [2.24, 2.45) is 0 Å². The lowest BCUT2D eigenvalue weighted by Gasteiger charge is -2.07. The average molecular weight is 372 g/mol. The standard InChI is InChI=1S/C18H16N2O5S/c1-4-24-11-5-6-12-13(8-15(22)25-14(12)7-11)17(23)20-18-19-9(2)16(26-18)10(3)21/h5-8H,4H2,1-3H3,(H,19,20,23). The number of aryl methyl sites for hydroxylation is 1. The lowest BCUT2D eigenvalue weighted by atomic mass is 10.1. The monoisotopic (exact) mass is 372 g/mol. The zero-order chi connectivity index (χ0) is 18.8. The molecule has 7 nitrogen and oxygen atoms in total. The van der Waals surface area contributed by atoms with Crippen molar-refractivity contribution in [3.05, 3.63) is 50.8 Å². The fourth-order valence-corrected chi connectivity index (χ4v) is 3.39. The number of fused-ring (bicyclic) bond motifs is 1. The van der Waals surface area contributed by atoms with Crippen molar-refractivity contribution in [1.82, 2.24) is 4.98 Å². The number of Topliss-reactive ketones (excluding diaryl/α,β-unsaturated/α-hetero) is 1. The molecule has 1 aromatic carbocycles. The maximum atomic E-state index is 12.6. The van der Waals surface area contributed by atoms with Gasteiger partial charge in [0.15, 0.2) is 10.9 Å². The molecule has 26 heavy (non-hydrogen) atoms. The quantitative estimate of drug-likeness (QED) is 0.544. The molecule has 0 aliphatic carbocycles. The van der Waals surface area contributed by atoms with Gasteiger partial charge in [-0.05, 0) is 26.0 Å². The first-order chi connectivity index (χ1) is 12.4. The minimum Gasteiger partial charge on any atom is -0.494 e. The van der Waals surface area contributed by atoms with Crippen LogP contribution in [0.3, 0.4) is 0 Å². The second-order valence-electron chi connectivity index (χ2n) is 5.51. The first kappa shape index (κ1) is 17.8. The van der Waals surface area contributed by atoms with Gasteiger partial charge in [0, 0.05) is 24.4 Å². The van der Waals surface area contributed by atoms with E-state index in [1.165, 1.54) is 6.92 Å². The maximum Gasteiger partial charge on any atom is 0.337 e. The van der Waals surface area contributed by atoms with Gasteiger partial charge in [-0.2, -0.15) is 0 Å². The van der Waals surface area contributed by atoms with Crippen LogP contribution < -0.4 is 15.7 Å². The highest BCUT2D eigenvalue weighted by Gasteiger charge is 2.17. The summed E-state index contributed by atoms with van der Waals surface area (Å²) in [5.74, 6) is -0.0759. The number of amides is 1. The van der Waals surface area contributed by atoms with Crippen LogP contribution in [0, 0.1) is 6.92 Å². The third-order valence-electron chi connectivity index (χ3n) is 3.61. The topological polar surface area (TPSA) is 98.5 Å². The second-order valence-corrected chi connectivity index (χ2v) is 6.51. The molecule has 0 saturated carbocycles. The lowest BCUT2D eigenvalue weighted by molar-refractivity contribution is 0.101. The molecule has 3 aromatic rings. The molecule has 0 radical (unpaired) electrons. The molecule has 0 saturated heterocycles. The van der Waals surface area contributed by atoms with E-state index in [9.17, 15) is 14.4 Å². The van der Waals surface area contributed by atoms with E-state index in [1.807, 2.05) is 6.92 Å². The van der Waals surface area contributed by atoms with Gasteiger partial charge in [-0.15, -0.1) is 0 Å². The molecule has 2 heterocycles. The minimum absolute atomic E-state index is 0.116. The van der Waals surface area contributed by atoms with Crippen molar-refractivity contribution in [2.45, 2.75) is 20.8 Å². The highest BCUT2D eigenvalue weighted by atomic mass is 32.1. The van der Waals surface area contributed by atoms with Crippen LogP contribution in [0.4, 0.5) is 5.13 Å². The van der Waals surface area contributed by atoms with E-state index in [2.05, 4.69) is 10.3 Å². The number of benzene rings is 1. The Bertz CT molecular complexity index is 1070. The first-order valence-electron chi connectivity index (χ1n) is 7.89. The Balaban J connectivity index is 1.98. The van der Waals surface area contributed by atoms with Gasteiger partial charge in [-0.25, -0.2) is 9.78 Å². The predicted octanol–water partition coefficient (Wildman–Crippen LogP) is 3.41. The summed E-state index contributed by atoms with van der Waals surface area (Å²) in [4.78, 5) is 40.7. The number of anilines is 1. The van der Waals surface area contributed by atoms with Crippen LogP contribution in [0.15, 0.2) is 33.5 Å². The normalized spacial score (nSPS) is 10.7. The Morgan fingerprint density at radius 3 is 2.73 bits per heavy atom. The van der Waals surface area contributed by atoms with Crippen LogP contribution in [0.2, 0.25) is 0 Å². The highest BCUT2D eigenvalue weighted by Crippen LogP contribution is 2.26. The van der Waals surface area contributed by atoms with Gasteiger partial charge < -0.3 is 9.15 Å². The van der Waals surface area contributed by atoms with Gasteiger partial charge in [-0.1, -0.05) is 11.3 Å². The largest absolute Gasteiger partial charge is 0.494 e. The second kappa shape index (κ2) is 7.09. The van der Waals surface area contributed by atoms with Crippen LogP contribution >= 0.6 is 11.3 Å². The number of aromatic nitrogens is 1. The number of carbonyl (C=O) groups is 2. The smallest absolute Gasteiger partial charge is 0.337 e. The number of hydrogen-bond donors (Lipinski definition) is 1. The van der Waals surface area contributed by atoms with Crippen molar-refractivity contribution in [3.63, 3.8) is 0 Å². The van der Waals surface area contributed by atoms with Crippen molar-refractivity contribution in [2.75, 3.05) is 11.9 Å². The molecule has 0 spiro atoms. The Kier molecular flexibility index (Phi) is 4.85. The summed E-state index contributed by atoms with van der Waals surface area (Å²) in [5, 5.41) is 3.41. The molecular weight excluding hydrogens is 356 g/mol. The van der Waals surface area contributed by atoms with Gasteiger partial charge in [0.2, 0.25) is 0 Å². The van der Waals surface area contributed by atoms with E-state index < -0.39 is 11.5 Å². The van der Waals surface area contributed by atoms with Gasteiger partial charge in [0.05, 0.1) is 22.7 Å². The lowest BCUT2D eigenvalue weighted by Crippen LogP contribution is -2.15. The zero-order valence-electron chi connectivity index (χ0n) is 14.4. The molecule has 0 aliphatic rings. The molecule has 3 rings (SSSR count). The molecule has 134 valence electrons. The van der Waals surface area contributed by atoms with Crippen LogP contribution in [-0.2, 0) is 0 Å². The average Bonchev–Trinajstić information content (AvgIpc) is 2.94. The van der Waals surface area contributed by atoms with E-state index in [0.717, 1.165) is 17.4 Å². The zero-order valence-corrected chi connectivity index (χ0v) is 15.2. The summed E-state index contributed by atoms with van der Waals surface area (Å²) in [6.07, 6.45) is 0.